The normalized spacial score (nSPS) is 10.5. The minimum atomic E-state index is -0.885. The monoisotopic (exact) mass is 275 g/mol. The molecule has 0 amide bonds. The molecular weight excluding hydrogens is 262 g/mol. The summed E-state index contributed by atoms with van der Waals surface area (Å²) < 4.78 is 1.89. The SMILES string of the molecule is Cn1c(Cc2ccccc2)c([N+](=O)[O-])c(=O)n(C)c1=O. The number of hydrogen-bond acceptors (Lipinski definition) is 4. The zero-order chi connectivity index (χ0) is 14.9. The minimum absolute atomic E-state index is 0.106. The average Bonchev–Trinajstić information content (AvgIpc) is 2.43. The van der Waals surface area contributed by atoms with Crippen LogP contribution in [0.4, 0.5) is 5.69 Å². The van der Waals surface area contributed by atoms with Gasteiger partial charge in [0.15, 0.2) is 0 Å². The quantitative estimate of drug-likeness (QED) is 0.605. The Kier molecular flexibility index (Phi) is 3.51. The summed E-state index contributed by atoms with van der Waals surface area (Å²) in [4.78, 5) is 34.2. The van der Waals surface area contributed by atoms with Crippen LogP contribution < -0.4 is 11.2 Å². The van der Waals surface area contributed by atoms with Gasteiger partial charge in [0, 0.05) is 20.5 Å². The molecule has 0 fully saturated rings. The first-order valence-corrected chi connectivity index (χ1v) is 5.90. The van der Waals surface area contributed by atoms with E-state index < -0.39 is 21.9 Å². The molecule has 0 aliphatic heterocycles. The summed E-state index contributed by atoms with van der Waals surface area (Å²) in [5, 5.41) is 11.1. The Labute approximate surface area is 113 Å². The molecule has 104 valence electrons. The van der Waals surface area contributed by atoms with Gasteiger partial charge in [-0.1, -0.05) is 30.3 Å². The molecule has 0 unspecified atom stereocenters. The summed E-state index contributed by atoms with van der Waals surface area (Å²) in [6, 6.07) is 8.97. The molecule has 1 aromatic carbocycles. The van der Waals surface area contributed by atoms with Crippen LogP contribution >= 0.6 is 0 Å². The van der Waals surface area contributed by atoms with Crippen molar-refractivity contribution in [1.82, 2.24) is 9.13 Å². The van der Waals surface area contributed by atoms with Crippen molar-refractivity contribution in [3.63, 3.8) is 0 Å². The molecule has 0 spiro atoms. The number of nitrogens with zero attached hydrogens (tertiary/aromatic N) is 3. The topological polar surface area (TPSA) is 87.1 Å². The lowest BCUT2D eigenvalue weighted by atomic mass is 10.1. The smallest absolute Gasteiger partial charge is 0.294 e. The van der Waals surface area contributed by atoms with Crippen LogP contribution in [0.3, 0.4) is 0 Å². The maximum atomic E-state index is 11.9. The van der Waals surface area contributed by atoms with Crippen molar-refractivity contribution >= 4 is 5.69 Å². The highest BCUT2D eigenvalue weighted by Gasteiger charge is 2.25. The molecule has 0 saturated carbocycles. The van der Waals surface area contributed by atoms with E-state index in [4.69, 9.17) is 0 Å². The molecule has 7 heteroatoms. The van der Waals surface area contributed by atoms with E-state index in [1.54, 1.807) is 24.3 Å². The van der Waals surface area contributed by atoms with Crippen molar-refractivity contribution in [2.24, 2.45) is 14.1 Å². The van der Waals surface area contributed by atoms with Gasteiger partial charge < -0.3 is 0 Å². The predicted octanol–water partition coefficient (Wildman–Crippen LogP) is 0.583. The molecule has 0 radical (unpaired) electrons. The standard InChI is InChI=1S/C13H13N3O4/c1-14-10(8-9-6-4-3-5-7-9)11(16(19)20)12(17)15(2)13(14)18/h3-7H,8H2,1-2H3. The van der Waals surface area contributed by atoms with Crippen molar-refractivity contribution < 1.29 is 4.92 Å². The summed E-state index contributed by atoms with van der Waals surface area (Å²) in [5.41, 5.74) is -1.12. The van der Waals surface area contributed by atoms with Crippen LogP contribution in [0.1, 0.15) is 11.3 Å². The van der Waals surface area contributed by atoms with Gasteiger partial charge in [0.1, 0.15) is 5.69 Å². The predicted molar refractivity (Wildman–Crippen MR) is 72.8 cm³/mol. The van der Waals surface area contributed by atoms with Crippen molar-refractivity contribution in [2.75, 3.05) is 0 Å². The third kappa shape index (κ3) is 2.25. The van der Waals surface area contributed by atoms with E-state index in [9.17, 15) is 19.7 Å². The fourth-order valence-electron chi connectivity index (χ4n) is 2.04. The van der Waals surface area contributed by atoms with Gasteiger partial charge in [-0.25, -0.2) is 4.79 Å². The number of rotatable bonds is 3. The molecule has 2 aromatic rings. The van der Waals surface area contributed by atoms with Crippen LogP contribution in [0.2, 0.25) is 0 Å². The second kappa shape index (κ2) is 5.12. The highest BCUT2D eigenvalue weighted by Crippen LogP contribution is 2.15. The fourth-order valence-corrected chi connectivity index (χ4v) is 2.04. The molecular formula is C13H13N3O4. The molecule has 20 heavy (non-hydrogen) atoms. The lowest BCUT2D eigenvalue weighted by Crippen LogP contribution is -2.40. The highest BCUT2D eigenvalue weighted by atomic mass is 16.6. The van der Waals surface area contributed by atoms with Gasteiger partial charge in [-0.15, -0.1) is 0 Å². The van der Waals surface area contributed by atoms with Crippen LogP contribution in [0.5, 0.6) is 0 Å². The van der Waals surface area contributed by atoms with Gasteiger partial charge in [-0.05, 0) is 5.56 Å². The first-order valence-electron chi connectivity index (χ1n) is 5.90. The van der Waals surface area contributed by atoms with E-state index in [1.165, 1.54) is 14.1 Å². The number of hydrogen-bond donors (Lipinski definition) is 0. The van der Waals surface area contributed by atoms with Crippen molar-refractivity contribution in [3.8, 4) is 0 Å². The van der Waals surface area contributed by atoms with Gasteiger partial charge >= 0.3 is 16.9 Å². The van der Waals surface area contributed by atoms with Crippen LogP contribution in [0.15, 0.2) is 39.9 Å². The molecule has 0 aliphatic carbocycles. The molecule has 7 nitrogen and oxygen atoms in total. The number of aromatic nitrogens is 2. The summed E-state index contributed by atoms with van der Waals surface area (Å²) in [6.07, 6.45) is 0.152. The van der Waals surface area contributed by atoms with Crippen LogP contribution in [0, 0.1) is 10.1 Å². The second-order valence-electron chi connectivity index (χ2n) is 4.42. The van der Waals surface area contributed by atoms with E-state index in [0.717, 1.165) is 14.7 Å². The Morgan fingerprint density at radius 2 is 1.70 bits per heavy atom. The Bertz CT molecular complexity index is 775. The molecule has 1 heterocycles. The Morgan fingerprint density at radius 1 is 1.10 bits per heavy atom. The Hall–Kier alpha value is -2.70. The minimum Gasteiger partial charge on any atom is -0.294 e. The third-order valence-electron chi connectivity index (χ3n) is 3.16. The molecule has 0 aliphatic rings. The van der Waals surface area contributed by atoms with Crippen LogP contribution in [-0.2, 0) is 20.5 Å². The molecule has 2 rings (SSSR count). The zero-order valence-corrected chi connectivity index (χ0v) is 11.1. The number of nitro groups is 1. The summed E-state index contributed by atoms with van der Waals surface area (Å²) >= 11 is 0. The molecule has 0 atom stereocenters. The van der Waals surface area contributed by atoms with E-state index >= 15 is 0 Å². The fraction of sp³-hybridized carbons (Fsp3) is 0.231. The van der Waals surface area contributed by atoms with E-state index in [-0.39, 0.29) is 12.1 Å². The third-order valence-corrected chi connectivity index (χ3v) is 3.16. The lowest BCUT2D eigenvalue weighted by molar-refractivity contribution is -0.387. The van der Waals surface area contributed by atoms with Crippen molar-refractivity contribution in [3.05, 3.63) is 72.5 Å². The van der Waals surface area contributed by atoms with Crippen molar-refractivity contribution in [1.29, 1.82) is 0 Å². The summed E-state index contributed by atoms with van der Waals surface area (Å²) in [7, 11) is 2.65. The van der Waals surface area contributed by atoms with E-state index in [0.29, 0.717) is 0 Å². The molecule has 0 saturated heterocycles. The summed E-state index contributed by atoms with van der Waals surface area (Å²) in [6.45, 7) is 0. The second-order valence-corrected chi connectivity index (χ2v) is 4.42. The molecule has 1 aromatic heterocycles. The Balaban J connectivity index is 2.72. The first kappa shape index (κ1) is 13.7. The molecule has 0 N–H and O–H groups in total. The van der Waals surface area contributed by atoms with Crippen molar-refractivity contribution in [2.45, 2.75) is 6.42 Å². The zero-order valence-electron chi connectivity index (χ0n) is 11.1. The maximum Gasteiger partial charge on any atom is 0.353 e. The highest BCUT2D eigenvalue weighted by molar-refractivity contribution is 5.37. The van der Waals surface area contributed by atoms with Crippen LogP contribution in [-0.4, -0.2) is 14.1 Å². The molecule has 0 bridgehead atoms. The summed E-state index contributed by atoms with van der Waals surface area (Å²) in [5.74, 6) is 0. The van der Waals surface area contributed by atoms with Gasteiger partial charge in [0.25, 0.3) is 0 Å². The van der Waals surface area contributed by atoms with Crippen LogP contribution in [0.25, 0.3) is 0 Å². The van der Waals surface area contributed by atoms with Gasteiger partial charge in [-0.3, -0.25) is 24.0 Å². The largest absolute Gasteiger partial charge is 0.353 e. The Morgan fingerprint density at radius 3 is 2.25 bits per heavy atom. The lowest BCUT2D eigenvalue weighted by Gasteiger charge is -2.10. The number of benzene rings is 1. The average molecular weight is 275 g/mol. The first-order chi connectivity index (χ1) is 9.43. The van der Waals surface area contributed by atoms with Gasteiger partial charge in [0.05, 0.1) is 4.92 Å². The maximum absolute atomic E-state index is 11.9. The van der Waals surface area contributed by atoms with E-state index in [2.05, 4.69) is 0 Å². The van der Waals surface area contributed by atoms with Gasteiger partial charge in [0.2, 0.25) is 0 Å². The van der Waals surface area contributed by atoms with Gasteiger partial charge in [-0.2, -0.15) is 0 Å². The van der Waals surface area contributed by atoms with E-state index in [1.807, 2.05) is 6.07 Å².